The van der Waals surface area contributed by atoms with Crippen molar-refractivity contribution < 1.29 is 9.53 Å². The minimum atomic E-state index is -0.0446. The minimum Gasteiger partial charge on any atom is -0.465 e. The first-order valence-electron chi connectivity index (χ1n) is 10.5. The van der Waals surface area contributed by atoms with Crippen molar-refractivity contribution in [3.63, 3.8) is 0 Å². The molecule has 0 saturated heterocycles. The summed E-state index contributed by atoms with van der Waals surface area (Å²) < 4.78 is 5.46. The SMILES string of the molecule is CCCCCCC(C)/C=C/C(CCCCCC)C(=O)OCCCC. The van der Waals surface area contributed by atoms with Gasteiger partial charge in [-0.15, -0.1) is 0 Å². The molecular formula is C22H42O2. The first-order chi connectivity index (χ1) is 11.7. The van der Waals surface area contributed by atoms with Crippen molar-refractivity contribution in [3.05, 3.63) is 12.2 Å². The summed E-state index contributed by atoms with van der Waals surface area (Å²) in [6.07, 6.45) is 18.6. The van der Waals surface area contributed by atoms with E-state index in [0.717, 1.165) is 25.7 Å². The lowest BCUT2D eigenvalue weighted by Gasteiger charge is -2.14. The molecule has 0 bridgehead atoms. The lowest BCUT2D eigenvalue weighted by molar-refractivity contribution is -0.147. The van der Waals surface area contributed by atoms with Crippen LogP contribution in [0.2, 0.25) is 0 Å². The number of carbonyl (C=O) groups is 1. The maximum absolute atomic E-state index is 12.3. The first-order valence-corrected chi connectivity index (χ1v) is 10.5. The van der Waals surface area contributed by atoms with Crippen molar-refractivity contribution in [3.8, 4) is 0 Å². The highest BCUT2D eigenvalue weighted by Gasteiger charge is 2.16. The molecule has 0 aliphatic heterocycles. The largest absolute Gasteiger partial charge is 0.465 e. The molecule has 142 valence electrons. The molecule has 2 heteroatoms. The maximum Gasteiger partial charge on any atom is 0.312 e. The number of esters is 1. The maximum atomic E-state index is 12.3. The molecule has 0 fully saturated rings. The van der Waals surface area contributed by atoms with Gasteiger partial charge in [-0.2, -0.15) is 0 Å². The molecule has 2 nitrogen and oxygen atoms in total. The Kier molecular flexibility index (Phi) is 16.5. The van der Waals surface area contributed by atoms with Gasteiger partial charge in [0.15, 0.2) is 0 Å². The van der Waals surface area contributed by atoms with Gasteiger partial charge in [0.05, 0.1) is 12.5 Å². The predicted molar refractivity (Wildman–Crippen MR) is 105 cm³/mol. The molecule has 0 aliphatic rings. The van der Waals surface area contributed by atoms with Crippen LogP contribution in [0, 0.1) is 11.8 Å². The summed E-state index contributed by atoms with van der Waals surface area (Å²) >= 11 is 0. The van der Waals surface area contributed by atoms with E-state index in [1.54, 1.807) is 0 Å². The number of allylic oxidation sites excluding steroid dienone is 1. The number of hydrogen-bond acceptors (Lipinski definition) is 2. The van der Waals surface area contributed by atoms with Gasteiger partial charge in [0.1, 0.15) is 0 Å². The van der Waals surface area contributed by atoms with Crippen LogP contribution in [0.25, 0.3) is 0 Å². The fraction of sp³-hybridized carbons (Fsp3) is 0.864. The predicted octanol–water partition coefficient (Wildman–Crippen LogP) is 7.08. The molecule has 0 spiro atoms. The van der Waals surface area contributed by atoms with Crippen molar-refractivity contribution in [2.45, 2.75) is 105 Å². The van der Waals surface area contributed by atoms with Gasteiger partial charge in [0, 0.05) is 0 Å². The molecule has 0 heterocycles. The number of unbranched alkanes of at least 4 members (excludes halogenated alkanes) is 7. The zero-order chi connectivity index (χ0) is 18.0. The van der Waals surface area contributed by atoms with Crippen LogP contribution in [0.1, 0.15) is 105 Å². The smallest absolute Gasteiger partial charge is 0.312 e. The summed E-state index contributed by atoms with van der Waals surface area (Å²) in [7, 11) is 0. The van der Waals surface area contributed by atoms with E-state index in [0.29, 0.717) is 12.5 Å². The van der Waals surface area contributed by atoms with Gasteiger partial charge in [-0.3, -0.25) is 4.79 Å². The summed E-state index contributed by atoms with van der Waals surface area (Å²) in [5.41, 5.74) is 0. The van der Waals surface area contributed by atoms with Crippen LogP contribution >= 0.6 is 0 Å². The fourth-order valence-corrected chi connectivity index (χ4v) is 2.82. The second kappa shape index (κ2) is 17.0. The number of rotatable bonds is 16. The molecule has 0 rings (SSSR count). The van der Waals surface area contributed by atoms with Crippen molar-refractivity contribution >= 4 is 5.97 Å². The second-order valence-corrected chi connectivity index (χ2v) is 7.19. The molecule has 2 unspecified atom stereocenters. The third-order valence-electron chi connectivity index (χ3n) is 4.60. The van der Waals surface area contributed by atoms with Gasteiger partial charge < -0.3 is 4.74 Å². The van der Waals surface area contributed by atoms with Crippen molar-refractivity contribution in [1.82, 2.24) is 0 Å². The zero-order valence-electron chi connectivity index (χ0n) is 16.8. The standard InChI is InChI=1S/C22H42O2/c1-5-8-11-13-15-20(4)17-18-21(16-14-12-9-6-2)22(23)24-19-10-7-3/h17-18,20-21H,5-16,19H2,1-4H3/b18-17+. The van der Waals surface area contributed by atoms with Gasteiger partial charge in [-0.25, -0.2) is 0 Å². The van der Waals surface area contributed by atoms with Crippen LogP contribution < -0.4 is 0 Å². The number of hydrogen-bond donors (Lipinski definition) is 0. The van der Waals surface area contributed by atoms with Crippen LogP contribution in [0.4, 0.5) is 0 Å². The third kappa shape index (κ3) is 13.6. The van der Waals surface area contributed by atoms with E-state index in [1.165, 1.54) is 51.4 Å². The van der Waals surface area contributed by atoms with Crippen LogP contribution in [-0.4, -0.2) is 12.6 Å². The van der Waals surface area contributed by atoms with Gasteiger partial charge >= 0.3 is 5.97 Å². The molecule has 0 aromatic heterocycles. The monoisotopic (exact) mass is 338 g/mol. The Hall–Kier alpha value is -0.790. The molecular weight excluding hydrogens is 296 g/mol. The molecule has 2 atom stereocenters. The third-order valence-corrected chi connectivity index (χ3v) is 4.60. The van der Waals surface area contributed by atoms with Crippen LogP contribution in [0.3, 0.4) is 0 Å². The Bertz CT molecular complexity index is 309. The van der Waals surface area contributed by atoms with E-state index in [9.17, 15) is 4.79 Å². The highest BCUT2D eigenvalue weighted by Crippen LogP contribution is 2.18. The molecule has 0 aromatic rings. The average molecular weight is 339 g/mol. The Labute approximate surface area is 151 Å². The highest BCUT2D eigenvalue weighted by atomic mass is 16.5. The highest BCUT2D eigenvalue weighted by molar-refractivity contribution is 5.74. The Morgan fingerprint density at radius 2 is 1.38 bits per heavy atom. The second-order valence-electron chi connectivity index (χ2n) is 7.19. The number of carbonyl (C=O) groups excluding carboxylic acids is 1. The lowest BCUT2D eigenvalue weighted by Crippen LogP contribution is -2.17. The first kappa shape index (κ1) is 23.2. The number of ether oxygens (including phenoxy) is 1. The molecule has 0 aromatic carbocycles. The van der Waals surface area contributed by atoms with Gasteiger partial charge in [0.25, 0.3) is 0 Å². The molecule has 24 heavy (non-hydrogen) atoms. The van der Waals surface area contributed by atoms with E-state index in [-0.39, 0.29) is 11.9 Å². The lowest BCUT2D eigenvalue weighted by atomic mass is 9.96. The van der Waals surface area contributed by atoms with Crippen molar-refractivity contribution in [2.24, 2.45) is 11.8 Å². The van der Waals surface area contributed by atoms with Crippen LogP contribution in [0.15, 0.2) is 12.2 Å². The van der Waals surface area contributed by atoms with Gasteiger partial charge in [-0.05, 0) is 25.2 Å². The molecule has 0 radical (unpaired) electrons. The molecule has 0 saturated carbocycles. The Balaban J connectivity index is 4.32. The Morgan fingerprint density at radius 3 is 1.96 bits per heavy atom. The summed E-state index contributed by atoms with van der Waals surface area (Å²) in [6, 6.07) is 0. The summed E-state index contributed by atoms with van der Waals surface area (Å²) in [6.45, 7) is 9.42. The molecule has 0 amide bonds. The van der Waals surface area contributed by atoms with Gasteiger partial charge in [0.2, 0.25) is 0 Å². The summed E-state index contributed by atoms with van der Waals surface area (Å²) in [5, 5.41) is 0. The normalized spacial score (nSPS) is 14.0. The fourth-order valence-electron chi connectivity index (χ4n) is 2.82. The quantitative estimate of drug-likeness (QED) is 0.171. The van der Waals surface area contributed by atoms with Crippen molar-refractivity contribution in [2.75, 3.05) is 6.61 Å². The summed E-state index contributed by atoms with van der Waals surface area (Å²) in [5.74, 6) is 0.495. The summed E-state index contributed by atoms with van der Waals surface area (Å²) in [4.78, 5) is 12.3. The van der Waals surface area contributed by atoms with E-state index >= 15 is 0 Å². The van der Waals surface area contributed by atoms with E-state index in [4.69, 9.17) is 4.74 Å². The molecule has 0 N–H and O–H groups in total. The minimum absolute atomic E-state index is 0.0191. The molecule has 0 aliphatic carbocycles. The Morgan fingerprint density at radius 1 is 0.792 bits per heavy atom. The van der Waals surface area contributed by atoms with Gasteiger partial charge in [-0.1, -0.05) is 97.6 Å². The van der Waals surface area contributed by atoms with E-state index in [1.807, 2.05) is 0 Å². The van der Waals surface area contributed by atoms with Crippen molar-refractivity contribution in [1.29, 1.82) is 0 Å². The van der Waals surface area contributed by atoms with E-state index in [2.05, 4.69) is 39.8 Å². The topological polar surface area (TPSA) is 26.3 Å². The van der Waals surface area contributed by atoms with Crippen LogP contribution in [0.5, 0.6) is 0 Å². The average Bonchev–Trinajstić information content (AvgIpc) is 2.58. The zero-order valence-corrected chi connectivity index (χ0v) is 16.8. The van der Waals surface area contributed by atoms with Crippen LogP contribution in [-0.2, 0) is 9.53 Å². The van der Waals surface area contributed by atoms with E-state index < -0.39 is 0 Å².